The van der Waals surface area contributed by atoms with Crippen molar-refractivity contribution in [1.82, 2.24) is 0 Å². The lowest BCUT2D eigenvalue weighted by atomic mass is 10.1. The molecular formula is C16H14BrNO4. The zero-order chi connectivity index (χ0) is 15.5. The fourth-order valence-electron chi connectivity index (χ4n) is 2.23. The summed E-state index contributed by atoms with van der Waals surface area (Å²) in [4.78, 5) is 16.5. The van der Waals surface area contributed by atoms with E-state index in [1.54, 1.807) is 19.1 Å². The highest BCUT2D eigenvalue weighted by atomic mass is 79.9. The van der Waals surface area contributed by atoms with Crippen LogP contribution < -0.4 is 0 Å². The minimum atomic E-state index is -0.748. The van der Waals surface area contributed by atoms with Crippen molar-refractivity contribution in [3.05, 3.63) is 58.5 Å². The summed E-state index contributed by atoms with van der Waals surface area (Å²) in [5, 5.41) is 0. The fraction of sp³-hybridized carbons (Fsp3) is 0.250. The number of nitrogens with zero attached hydrogens (tertiary/aromatic N) is 1. The van der Waals surface area contributed by atoms with Crippen LogP contribution in [0.25, 0.3) is 0 Å². The van der Waals surface area contributed by atoms with Crippen LogP contribution in [0.3, 0.4) is 0 Å². The Bertz CT molecular complexity index is 695. The molecule has 114 valence electrons. The van der Waals surface area contributed by atoms with E-state index in [-0.39, 0.29) is 6.61 Å². The number of carbonyl (C=O) groups excluding carboxylic acids is 1. The Balaban J connectivity index is 1.69. The molecule has 0 fully saturated rings. The van der Waals surface area contributed by atoms with Gasteiger partial charge >= 0.3 is 5.97 Å². The maximum atomic E-state index is 12.3. The lowest BCUT2D eigenvalue weighted by Crippen LogP contribution is -2.26. The van der Waals surface area contributed by atoms with Gasteiger partial charge in [-0.1, -0.05) is 30.3 Å². The number of carbonyl (C=O) groups is 1. The van der Waals surface area contributed by atoms with Gasteiger partial charge in [-0.2, -0.15) is 0 Å². The normalized spacial score (nSPS) is 20.4. The van der Waals surface area contributed by atoms with Crippen molar-refractivity contribution in [2.45, 2.75) is 25.7 Å². The van der Waals surface area contributed by atoms with E-state index in [4.69, 9.17) is 13.9 Å². The second kappa shape index (κ2) is 6.36. The van der Waals surface area contributed by atoms with Crippen LogP contribution in [0.4, 0.5) is 0 Å². The number of hydrogen-bond acceptors (Lipinski definition) is 5. The van der Waals surface area contributed by atoms with Crippen LogP contribution in [0, 0.1) is 0 Å². The Kier molecular flexibility index (Phi) is 4.29. The van der Waals surface area contributed by atoms with Crippen LogP contribution in [-0.4, -0.2) is 17.9 Å². The monoisotopic (exact) mass is 363 g/mol. The van der Waals surface area contributed by atoms with Crippen molar-refractivity contribution in [2.75, 3.05) is 0 Å². The molecule has 0 spiro atoms. The van der Waals surface area contributed by atoms with Gasteiger partial charge in [0.05, 0.1) is 0 Å². The van der Waals surface area contributed by atoms with Crippen LogP contribution in [-0.2, 0) is 20.9 Å². The Labute approximate surface area is 136 Å². The summed E-state index contributed by atoms with van der Waals surface area (Å²) in [6.45, 7) is 1.91. The first-order valence-corrected chi connectivity index (χ1v) is 7.59. The zero-order valence-electron chi connectivity index (χ0n) is 11.9. The van der Waals surface area contributed by atoms with Crippen molar-refractivity contribution in [3.63, 3.8) is 0 Å². The van der Waals surface area contributed by atoms with E-state index >= 15 is 0 Å². The Morgan fingerprint density at radius 1 is 1.27 bits per heavy atom. The Morgan fingerprint density at radius 3 is 2.73 bits per heavy atom. The predicted octanol–water partition coefficient (Wildman–Crippen LogP) is 3.64. The quantitative estimate of drug-likeness (QED) is 0.778. The molecule has 1 aliphatic rings. The molecule has 5 nitrogen and oxygen atoms in total. The SMILES string of the molecule is CC1=NC(C(=O)OCc2ccccc2)C(c2ccc(Br)o2)O1. The first kappa shape index (κ1) is 14.8. The van der Waals surface area contributed by atoms with E-state index in [1.165, 1.54) is 0 Å². The summed E-state index contributed by atoms with van der Waals surface area (Å²) >= 11 is 3.24. The number of ether oxygens (including phenoxy) is 2. The maximum absolute atomic E-state index is 12.3. The molecule has 0 aliphatic carbocycles. The van der Waals surface area contributed by atoms with E-state index < -0.39 is 18.1 Å². The molecule has 6 heteroatoms. The predicted molar refractivity (Wildman–Crippen MR) is 83.4 cm³/mol. The largest absolute Gasteiger partial charge is 0.467 e. The molecule has 22 heavy (non-hydrogen) atoms. The molecule has 2 heterocycles. The molecule has 2 unspecified atom stereocenters. The van der Waals surface area contributed by atoms with Gasteiger partial charge in [0, 0.05) is 6.92 Å². The van der Waals surface area contributed by atoms with Gasteiger partial charge < -0.3 is 13.9 Å². The van der Waals surface area contributed by atoms with Crippen molar-refractivity contribution < 1.29 is 18.7 Å². The van der Waals surface area contributed by atoms with E-state index in [9.17, 15) is 4.79 Å². The third kappa shape index (κ3) is 3.22. The number of furan rings is 1. The molecule has 0 bridgehead atoms. The van der Waals surface area contributed by atoms with Crippen LogP contribution in [0.2, 0.25) is 0 Å². The first-order chi connectivity index (χ1) is 10.6. The number of rotatable bonds is 4. The summed E-state index contributed by atoms with van der Waals surface area (Å²) in [6, 6.07) is 12.2. The molecule has 2 atom stereocenters. The van der Waals surface area contributed by atoms with Gasteiger partial charge in [-0.25, -0.2) is 9.79 Å². The van der Waals surface area contributed by atoms with Crippen molar-refractivity contribution in [3.8, 4) is 0 Å². The van der Waals surface area contributed by atoms with Gasteiger partial charge in [0.1, 0.15) is 12.4 Å². The Hall–Kier alpha value is -2.08. The number of hydrogen-bond donors (Lipinski definition) is 0. The third-order valence-corrected chi connectivity index (χ3v) is 3.67. The topological polar surface area (TPSA) is 61.0 Å². The molecule has 1 aromatic carbocycles. The van der Waals surface area contributed by atoms with E-state index in [0.29, 0.717) is 16.3 Å². The lowest BCUT2D eigenvalue weighted by Gasteiger charge is -2.14. The zero-order valence-corrected chi connectivity index (χ0v) is 13.4. The van der Waals surface area contributed by atoms with Crippen LogP contribution >= 0.6 is 15.9 Å². The first-order valence-electron chi connectivity index (χ1n) is 6.80. The average Bonchev–Trinajstić information content (AvgIpc) is 3.11. The summed E-state index contributed by atoms with van der Waals surface area (Å²) in [7, 11) is 0. The standard InChI is InChI=1S/C16H14BrNO4/c1-10-18-14(15(21-10)12-7-8-13(17)22-12)16(19)20-9-11-5-3-2-4-6-11/h2-8,14-15H,9H2,1H3. The highest BCUT2D eigenvalue weighted by molar-refractivity contribution is 9.10. The van der Waals surface area contributed by atoms with Gasteiger partial charge in [-0.05, 0) is 33.6 Å². The number of esters is 1. The molecular weight excluding hydrogens is 350 g/mol. The molecule has 2 aromatic rings. The van der Waals surface area contributed by atoms with Gasteiger partial charge in [0.15, 0.2) is 22.7 Å². The molecule has 0 radical (unpaired) electrons. The molecule has 1 aromatic heterocycles. The van der Waals surface area contributed by atoms with Crippen LogP contribution in [0.1, 0.15) is 24.4 Å². The minimum Gasteiger partial charge on any atom is -0.467 e. The molecule has 0 amide bonds. The molecule has 0 saturated heterocycles. The van der Waals surface area contributed by atoms with Crippen LogP contribution in [0.5, 0.6) is 0 Å². The minimum absolute atomic E-state index is 0.208. The summed E-state index contributed by atoms with van der Waals surface area (Å²) < 4.78 is 17.0. The van der Waals surface area contributed by atoms with E-state index in [1.807, 2.05) is 30.3 Å². The van der Waals surface area contributed by atoms with Crippen LogP contribution in [0.15, 0.2) is 56.5 Å². The fourth-order valence-corrected chi connectivity index (χ4v) is 2.55. The number of halogens is 1. The van der Waals surface area contributed by atoms with Gasteiger partial charge in [-0.15, -0.1) is 0 Å². The summed E-state index contributed by atoms with van der Waals surface area (Å²) in [5.74, 6) is 0.548. The number of aliphatic imine (C=N–C) groups is 1. The average molecular weight is 364 g/mol. The summed E-state index contributed by atoms with van der Waals surface area (Å²) in [6.07, 6.45) is -0.588. The summed E-state index contributed by atoms with van der Waals surface area (Å²) in [5.41, 5.74) is 0.924. The Morgan fingerprint density at radius 2 is 2.05 bits per heavy atom. The third-order valence-electron chi connectivity index (χ3n) is 3.24. The highest BCUT2D eigenvalue weighted by Gasteiger charge is 2.39. The van der Waals surface area contributed by atoms with E-state index in [2.05, 4.69) is 20.9 Å². The lowest BCUT2D eigenvalue weighted by molar-refractivity contribution is -0.148. The smallest absolute Gasteiger partial charge is 0.335 e. The van der Waals surface area contributed by atoms with Crippen molar-refractivity contribution in [1.29, 1.82) is 0 Å². The molecule has 0 saturated carbocycles. The highest BCUT2D eigenvalue weighted by Crippen LogP contribution is 2.32. The maximum Gasteiger partial charge on any atom is 0.335 e. The second-order valence-corrected chi connectivity index (χ2v) is 5.65. The molecule has 1 aliphatic heterocycles. The second-order valence-electron chi connectivity index (χ2n) is 4.87. The molecule has 3 rings (SSSR count). The van der Waals surface area contributed by atoms with E-state index in [0.717, 1.165) is 5.56 Å². The van der Waals surface area contributed by atoms with Crippen molar-refractivity contribution in [2.24, 2.45) is 4.99 Å². The van der Waals surface area contributed by atoms with Gasteiger partial charge in [0.25, 0.3) is 0 Å². The van der Waals surface area contributed by atoms with Crippen molar-refractivity contribution >= 4 is 27.8 Å². The van der Waals surface area contributed by atoms with Gasteiger partial charge in [-0.3, -0.25) is 0 Å². The van der Waals surface area contributed by atoms with Gasteiger partial charge in [0.2, 0.25) is 0 Å². The molecule has 0 N–H and O–H groups in total. The number of benzene rings is 1.